The van der Waals surface area contributed by atoms with Crippen LogP contribution in [0.3, 0.4) is 0 Å². The summed E-state index contributed by atoms with van der Waals surface area (Å²) < 4.78 is 13.0. The summed E-state index contributed by atoms with van der Waals surface area (Å²) in [7, 11) is 0. The van der Waals surface area contributed by atoms with E-state index >= 15 is 0 Å². The quantitative estimate of drug-likeness (QED) is 0.731. The van der Waals surface area contributed by atoms with E-state index in [4.69, 9.17) is 11.6 Å². The van der Waals surface area contributed by atoms with Gasteiger partial charge in [0.1, 0.15) is 5.82 Å². The van der Waals surface area contributed by atoms with Crippen LogP contribution in [0.15, 0.2) is 24.3 Å². The van der Waals surface area contributed by atoms with Crippen molar-refractivity contribution in [3.63, 3.8) is 0 Å². The molecule has 0 saturated carbocycles. The number of halogens is 2. The van der Waals surface area contributed by atoms with E-state index in [9.17, 15) is 4.39 Å². The maximum absolute atomic E-state index is 13.0. The molecule has 16 heavy (non-hydrogen) atoms. The van der Waals surface area contributed by atoms with Crippen LogP contribution >= 0.6 is 11.6 Å². The van der Waals surface area contributed by atoms with Crippen molar-refractivity contribution in [3.05, 3.63) is 35.6 Å². The number of hydrogen-bond acceptors (Lipinski definition) is 1. The molecule has 1 unspecified atom stereocenters. The van der Waals surface area contributed by atoms with Crippen molar-refractivity contribution in [1.29, 1.82) is 0 Å². The van der Waals surface area contributed by atoms with Crippen LogP contribution in [0.25, 0.3) is 0 Å². The van der Waals surface area contributed by atoms with Crippen molar-refractivity contribution in [2.24, 2.45) is 0 Å². The molecular formula is C13H17ClFN. The number of hydrogen-bond donors (Lipinski definition) is 0. The second kappa shape index (κ2) is 5.65. The van der Waals surface area contributed by atoms with Gasteiger partial charge in [0.25, 0.3) is 0 Å². The normalized spacial score (nSPS) is 19.6. The highest BCUT2D eigenvalue weighted by Crippen LogP contribution is 2.23. The SMILES string of the molecule is Fc1cccc(C(Cl)CN2CCCCC2)c1. The number of benzene rings is 1. The summed E-state index contributed by atoms with van der Waals surface area (Å²) in [5.74, 6) is -0.207. The topological polar surface area (TPSA) is 3.24 Å². The van der Waals surface area contributed by atoms with Gasteiger partial charge in [-0.05, 0) is 43.6 Å². The second-order valence-electron chi connectivity index (χ2n) is 4.38. The Morgan fingerprint density at radius 1 is 1.25 bits per heavy atom. The van der Waals surface area contributed by atoms with E-state index in [2.05, 4.69) is 4.90 Å². The molecule has 1 heterocycles. The molecule has 0 bridgehead atoms. The largest absolute Gasteiger partial charge is 0.302 e. The molecule has 88 valence electrons. The number of rotatable bonds is 3. The van der Waals surface area contributed by atoms with E-state index < -0.39 is 0 Å². The zero-order chi connectivity index (χ0) is 11.4. The van der Waals surface area contributed by atoms with E-state index in [0.29, 0.717) is 0 Å². The van der Waals surface area contributed by atoms with E-state index in [1.807, 2.05) is 6.07 Å². The minimum atomic E-state index is -0.207. The van der Waals surface area contributed by atoms with Crippen molar-refractivity contribution < 1.29 is 4.39 Å². The van der Waals surface area contributed by atoms with Gasteiger partial charge in [-0.25, -0.2) is 4.39 Å². The first kappa shape index (κ1) is 11.9. The summed E-state index contributed by atoms with van der Waals surface area (Å²) in [6, 6.07) is 6.59. The molecule has 1 atom stereocenters. The third-order valence-electron chi connectivity index (χ3n) is 3.08. The lowest BCUT2D eigenvalue weighted by Gasteiger charge is -2.28. The number of alkyl halides is 1. The third-order valence-corrected chi connectivity index (χ3v) is 3.47. The molecule has 0 spiro atoms. The summed E-state index contributed by atoms with van der Waals surface area (Å²) in [5.41, 5.74) is 0.882. The average molecular weight is 242 g/mol. The Bertz CT molecular complexity index is 336. The number of piperidine rings is 1. The second-order valence-corrected chi connectivity index (χ2v) is 4.91. The highest BCUT2D eigenvalue weighted by molar-refractivity contribution is 6.21. The molecular weight excluding hydrogens is 225 g/mol. The maximum Gasteiger partial charge on any atom is 0.123 e. The van der Waals surface area contributed by atoms with Gasteiger partial charge in [-0.15, -0.1) is 11.6 Å². The summed E-state index contributed by atoms with van der Waals surface area (Å²) in [6.45, 7) is 3.07. The van der Waals surface area contributed by atoms with Crippen molar-refractivity contribution >= 4 is 11.6 Å². The van der Waals surface area contributed by atoms with Crippen molar-refractivity contribution in [2.75, 3.05) is 19.6 Å². The molecule has 0 aromatic heterocycles. The van der Waals surface area contributed by atoms with Gasteiger partial charge in [-0.2, -0.15) is 0 Å². The van der Waals surface area contributed by atoms with Crippen molar-refractivity contribution in [1.82, 2.24) is 4.90 Å². The molecule has 0 radical (unpaired) electrons. The highest BCUT2D eigenvalue weighted by atomic mass is 35.5. The van der Waals surface area contributed by atoms with Gasteiger partial charge >= 0.3 is 0 Å². The molecule has 1 aromatic carbocycles. The molecule has 1 fully saturated rings. The number of likely N-dealkylation sites (tertiary alicyclic amines) is 1. The summed E-state index contributed by atoms with van der Waals surface area (Å²) in [4.78, 5) is 2.37. The molecule has 3 heteroatoms. The Morgan fingerprint density at radius 2 is 2.00 bits per heavy atom. The van der Waals surface area contributed by atoms with Gasteiger partial charge in [-0.1, -0.05) is 18.6 Å². The van der Waals surface area contributed by atoms with Crippen LogP contribution in [-0.2, 0) is 0 Å². The van der Waals surface area contributed by atoms with E-state index in [0.717, 1.165) is 25.2 Å². The summed E-state index contributed by atoms with van der Waals surface area (Å²) in [6.07, 6.45) is 3.84. The molecule has 1 nitrogen and oxygen atoms in total. The van der Waals surface area contributed by atoms with Crippen LogP contribution in [0, 0.1) is 5.82 Å². The molecule has 2 rings (SSSR count). The van der Waals surface area contributed by atoms with Crippen LogP contribution < -0.4 is 0 Å². The maximum atomic E-state index is 13.0. The van der Waals surface area contributed by atoms with Crippen LogP contribution in [0.2, 0.25) is 0 Å². The van der Waals surface area contributed by atoms with Crippen LogP contribution in [0.5, 0.6) is 0 Å². The molecule has 1 saturated heterocycles. The van der Waals surface area contributed by atoms with Crippen molar-refractivity contribution in [2.45, 2.75) is 24.6 Å². The number of nitrogens with zero attached hydrogens (tertiary/aromatic N) is 1. The lowest BCUT2D eigenvalue weighted by molar-refractivity contribution is 0.229. The zero-order valence-electron chi connectivity index (χ0n) is 9.33. The molecule has 0 aliphatic carbocycles. The van der Waals surface area contributed by atoms with Crippen LogP contribution in [0.4, 0.5) is 4.39 Å². The van der Waals surface area contributed by atoms with Gasteiger partial charge in [0.15, 0.2) is 0 Å². The van der Waals surface area contributed by atoms with E-state index in [-0.39, 0.29) is 11.2 Å². The average Bonchev–Trinajstić information content (AvgIpc) is 2.30. The van der Waals surface area contributed by atoms with Crippen molar-refractivity contribution in [3.8, 4) is 0 Å². The first-order valence-electron chi connectivity index (χ1n) is 5.87. The zero-order valence-corrected chi connectivity index (χ0v) is 10.1. The van der Waals surface area contributed by atoms with E-state index in [1.165, 1.54) is 31.4 Å². The minimum Gasteiger partial charge on any atom is -0.302 e. The van der Waals surface area contributed by atoms with Gasteiger partial charge in [0.2, 0.25) is 0 Å². The first-order chi connectivity index (χ1) is 7.75. The Morgan fingerprint density at radius 3 is 2.69 bits per heavy atom. The fourth-order valence-corrected chi connectivity index (χ4v) is 2.51. The fraction of sp³-hybridized carbons (Fsp3) is 0.538. The predicted molar refractivity (Wildman–Crippen MR) is 65.3 cm³/mol. The Labute approximate surface area is 101 Å². The summed E-state index contributed by atoms with van der Waals surface area (Å²) in [5, 5.41) is -0.103. The smallest absolute Gasteiger partial charge is 0.123 e. The molecule has 1 aliphatic heterocycles. The monoisotopic (exact) mass is 241 g/mol. The lowest BCUT2D eigenvalue weighted by Crippen LogP contribution is -2.32. The van der Waals surface area contributed by atoms with Crippen LogP contribution in [-0.4, -0.2) is 24.5 Å². The van der Waals surface area contributed by atoms with E-state index in [1.54, 1.807) is 6.07 Å². The molecule has 1 aliphatic rings. The Kier molecular flexibility index (Phi) is 4.19. The Balaban J connectivity index is 1.94. The first-order valence-corrected chi connectivity index (χ1v) is 6.31. The molecule has 1 aromatic rings. The fourth-order valence-electron chi connectivity index (χ4n) is 2.18. The highest BCUT2D eigenvalue weighted by Gasteiger charge is 2.16. The van der Waals surface area contributed by atoms with Gasteiger partial charge in [-0.3, -0.25) is 0 Å². The van der Waals surface area contributed by atoms with Gasteiger partial charge < -0.3 is 4.90 Å². The van der Waals surface area contributed by atoms with Crippen LogP contribution in [0.1, 0.15) is 30.2 Å². The van der Waals surface area contributed by atoms with Gasteiger partial charge in [0.05, 0.1) is 5.38 Å². The molecule has 0 amide bonds. The minimum absolute atomic E-state index is 0.103. The Hall–Kier alpha value is -0.600. The predicted octanol–water partition coefficient (Wildman–Crippen LogP) is 3.59. The third kappa shape index (κ3) is 3.19. The standard InChI is InChI=1S/C13H17ClFN/c14-13(10-16-7-2-1-3-8-16)11-5-4-6-12(15)9-11/h4-6,9,13H,1-3,7-8,10H2. The summed E-state index contributed by atoms with van der Waals surface area (Å²) >= 11 is 6.30. The lowest BCUT2D eigenvalue weighted by atomic mass is 10.1. The molecule has 0 N–H and O–H groups in total. The van der Waals surface area contributed by atoms with Gasteiger partial charge in [0, 0.05) is 6.54 Å².